The lowest BCUT2D eigenvalue weighted by molar-refractivity contribution is -0.389. The summed E-state index contributed by atoms with van der Waals surface area (Å²) in [5.74, 6) is -0.0257. The van der Waals surface area contributed by atoms with E-state index >= 15 is 0 Å². The minimum absolute atomic E-state index is 0.166. The zero-order chi connectivity index (χ0) is 13.8. The normalized spacial score (nSPS) is 23.0. The molecule has 2 atom stereocenters. The number of carbonyl (C=O) groups excluding carboxylic acids is 1. The summed E-state index contributed by atoms with van der Waals surface area (Å²) < 4.78 is 0. The standard InChI is InChI=1S/C12H16BrN3O3/c13-9-4-2-1-3-8(9)7-14-12(17)10-5-6-11(15-10)16(18)19/h5-6,8-9,15H,1-4,7H2,(H,14,17). The highest BCUT2D eigenvalue weighted by Gasteiger charge is 2.24. The average Bonchev–Trinajstić information content (AvgIpc) is 2.87. The molecule has 1 amide bonds. The SMILES string of the molecule is O=C(NCC1CCCCC1Br)c1ccc([N+](=O)[O-])[nH]1. The van der Waals surface area contributed by atoms with Crippen molar-refractivity contribution < 1.29 is 9.72 Å². The highest BCUT2D eigenvalue weighted by atomic mass is 79.9. The van der Waals surface area contributed by atoms with Gasteiger partial charge < -0.3 is 15.4 Å². The van der Waals surface area contributed by atoms with Gasteiger partial charge in [0.15, 0.2) is 5.69 Å². The van der Waals surface area contributed by atoms with Gasteiger partial charge in [0.25, 0.3) is 5.91 Å². The summed E-state index contributed by atoms with van der Waals surface area (Å²) in [5.41, 5.74) is 0.230. The van der Waals surface area contributed by atoms with Crippen LogP contribution in [0, 0.1) is 16.0 Å². The molecule has 0 saturated heterocycles. The Bertz CT molecular complexity index is 475. The van der Waals surface area contributed by atoms with Crippen molar-refractivity contribution in [1.29, 1.82) is 0 Å². The molecule has 0 radical (unpaired) electrons. The number of nitro groups is 1. The van der Waals surface area contributed by atoms with Gasteiger partial charge in [0.2, 0.25) is 0 Å². The van der Waals surface area contributed by atoms with E-state index < -0.39 is 4.92 Å². The van der Waals surface area contributed by atoms with Gasteiger partial charge in [-0.2, -0.15) is 0 Å². The number of carbonyl (C=O) groups is 1. The molecule has 2 rings (SSSR count). The van der Waals surface area contributed by atoms with Crippen LogP contribution in [0.4, 0.5) is 5.82 Å². The van der Waals surface area contributed by atoms with Crippen LogP contribution >= 0.6 is 15.9 Å². The lowest BCUT2D eigenvalue weighted by Gasteiger charge is -2.27. The number of hydrogen-bond donors (Lipinski definition) is 2. The van der Waals surface area contributed by atoms with E-state index in [1.54, 1.807) is 0 Å². The van der Waals surface area contributed by atoms with Gasteiger partial charge in [-0.25, -0.2) is 4.98 Å². The second-order valence-corrected chi connectivity index (χ2v) is 5.96. The van der Waals surface area contributed by atoms with Crippen molar-refractivity contribution in [2.75, 3.05) is 6.54 Å². The van der Waals surface area contributed by atoms with Crippen LogP contribution in [-0.2, 0) is 0 Å². The fourth-order valence-electron chi connectivity index (χ4n) is 2.33. The molecule has 1 aromatic rings. The molecule has 1 heterocycles. The zero-order valence-electron chi connectivity index (χ0n) is 10.4. The van der Waals surface area contributed by atoms with Gasteiger partial charge in [-0.3, -0.25) is 4.79 Å². The molecule has 104 valence electrons. The first kappa shape index (κ1) is 14.0. The smallest absolute Gasteiger partial charge is 0.321 e. The average molecular weight is 330 g/mol. The molecule has 0 spiro atoms. The third kappa shape index (κ3) is 3.56. The number of aromatic amines is 1. The Kier molecular flexibility index (Phi) is 4.57. The molecule has 2 N–H and O–H groups in total. The van der Waals surface area contributed by atoms with Gasteiger partial charge in [0.1, 0.15) is 0 Å². The molecule has 1 saturated carbocycles. The molecular weight excluding hydrogens is 314 g/mol. The molecule has 0 aliphatic heterocycles. The first-order valence-electron chi connectivity index (χ1n) is 6.33. The maximum Gasteiger partial charge on any atom is 0.321 e. The van der Waals surface area contributed by atoms with Crippen LogP contribution in [-0.4, -0.2) is 27.2 Å². The van der Waals surface area contributed by atoms with Crippen molar-refractivity contribution in [3.63, 3.8) is 0 Å². The van der Waals surface area contributed by atoms with E-state index in [-0.39, 0.29) is 17.4 Å². The highest BCUT2D eigenvalue weighted by Crippen LogP contribution is 2.29. The van der Waals surface area contributed by atoms with Crippen LogP contribution in [0.25, 0.3) is 0 Å². The molecule has 0 bridgehead atoms. The van der Waals surface area contributed by atoms with Crippen molar-refractivity contribution in [2.24, 2.45) is 5.92 Å². The maximum absolute atomic E-state index is 11.8. The van der Waals surface area contributed by atoms with Gasteiger partial charge >= 0.3 is 5.82 Å². The Labute approximate surface area is 119 Å². The molecule has 1 aliphatic carbocycles. The largest absolute Gasteiger partial charge is 0.358 e. The number of halogens is 1. The molecule has 0 aromatic carbocycles. The fraction of sp³-hybridized carbons (Fsp3) is 0.583. The third-order valence-electron chi connectivity index (χ3n) is 3.45. The topological polar surface area (TPSA) is 88.0 Å². The lowest BCUT2D eigenvalue weighted by Crippen LogP contribution is -2.34. The summed E-state index contributed by atoms with van der Waals surface area (Å²) in [6.45, 7) is 0.599. The summed E-state index contributed by atoms with van der Waals surface area (Å²) in [4.78, 5) is 24.8. The number of aromatic nitrogens is 1. The van der Waals surface area contributed by atoms with Crippen molar-refractivity contribution in [3.05, 3.63) is 27.9 Å². The fourth-order valence-corrected chi connectivity index (χ4v) is 3.11. The number of amides is 1. The van der Waals surface area contributed by atoms with Gasteiger partial charge in [-0.15, -0.1) is 0 Å². The molecule has 1 aromatic heterocycles. The van der Waals surface area contributed by atoms with E-state index in [0.29, 0.717) is 17.3 Å². The highest BCUT2D eigenvalue weighted by molar-refractivity contribution is 9.09. The number of nitrogens with one attached hydrogen (secondary N) is 2. The van der Waals surface area contributed by atoms with Gasteiger partial charge in [-0.05, 0) is 29.7 Å². The Morgan fingerprint density at radius 3 is 2.84 bits per heavy atom. The van der Waals surface area contributed by atoms with Crippen molar-refractivity contribution in [3.8, 4) is 0 Å². The van der Waals surface area contributed by atoms with Crippen LogP contribution < -0.4 is 5.32 Å². The maximum atomic E-state index is 11.8. The van der Waals surface area contributed by atoms with E-state index in [4.69, 9.17) is 0 Å². The van der Waals surface area contributed by atoms with Gasteiger partial charge in [-0.1, -0.05) is 28.8 Å². The predicted molar refractivity (Wildman–Crippen MR) is 74.5 cm³/mol. The number of hydrogen-bond acceptors (Lipinski definition) is 3. The molecule has 6 nitrogen and oxygen atoms in total. The first-order valence-corrected chi connectivity index (χ1v) is 7.25. The Morgan fingerprint density at radius 1 is 1.47 bits per heavy atom. The Balaban J connectivity index is 1.88. The monoisotopic (exact) mass is 329 g/mol. The van der Waals surface area contributed by atoms with E-state index in [9.17, 15) is 14.9 Å². The molecule has 2 unspecified atom stereocenters. The number of nitrogens with zero attached hydrogens (tertiary/aromatic N) is 1. The molecule has 7 heteroatoms. The van der Waals surface area contributed by atoms with Crippen LogP contribution in [0.15, 0.2) is 12.1 Å². The van der Waals surface area contributed by atoms with E-state index in [1.807, 2.05) is 0 Å². The van der Waals surface area contributed by atoms with E-state index in [2.05, 4.69) is 26.2 Å². The molecule has 19 heavy (non-hydrogen) atoms. The zero-order valence-corrected chi connectivity index (χ0v) is 12.0. The molecule has 1 aliphatic rings. The van der Waals surface area contributed by atoms with Crippen molar-refractivity contribution in [2.45, 2.75) is 30.5 Å². The lowest BCUT2D eigenvalue weighted by atomic mass is 9.89. The second kappa shape index (κ2) is 6.18. The minimum atomic E-state index is -0.549. The van der Waals surface area contributed by atoms with E-state index in [0.717, 1.165) is 12.8 Å². The summed E-state index contributed by atoms with van der Waals surface area (Å²) in [6.07, 6.45) is 4.65. The number of alkyl halides is 1. The number of rotatable bonds is 4. The van der Waals surface area contributed by atoms with Gasteiger partial charge in [0, 0.05) is 17.4 Å². The summed E-state index contributed by atoms with van der Waals surface area (Å²) in [5, 5.41) is 13.4. The minimum Gasteiger partial charge on any atom is -0.358 e. The Hall–Kier alpha value is -1.37. The number of H-pyrrole nitrogens is 1. The van der Waals surface area contributed by atoms with Crippen LogP contribution in [0.3, 0.4) is 0 Å². The first-order chi connectivity index (χ1) is 9.08. The van der Waals surface area contributed by atoms with Crippen LogP contribution in [0.1, 0.15) is 36.2 Å². The summed E-state index contributed by atoms with van der Waals surface area (Å²) in [6, 6.07) is 2.72. The van der Waals surface area contributed by atoms with E-state index in [1.165, 1.54) is 25.0 Å². The van der Waals surface area contributed by atoms with Crippen molar-refractivity contribution >= 4 is 27.7 Å². The van der Waals surface area contributed by atoms with Gasteiger partial charge in [0.05, 0.1) is 0 Å². The quantitative estimate of drug-likeness (QED) is 0.505. The van der Waals surface area contributed by atoms with Crippen LogP contribution in [0.5, 0.6) is 0 Å². The Morgan fingerprint density at radius 2 is 2.21 bits per heavy atom. The third-order valence-corrected chi connectivity index (χ3v) is 4.66. The predicted octanol–water partition coefficient (Wildman–Crippen LogP) is 2.61. The molecular formula is C12H16BrN3O3. The van der Waals surface area contributed by atoms with Crippen molar-refractivity contribution in [1.82, 2.24) is 10.3 Å². The second-order valence-electron chi connectivity index (χ2n) is 4.78. The van der Waals surface area contributed by atoms with Crippen LogP contribution in [0.2, 0.25) is 0 Å². The summed E-state index contributed by atoms with van der Waals surface area (Å²) in [7, 11) is 0. The molecule has 1 fully saturated rings. The summed E-state index contributed by atoms with van der Waals surface area (Å²) >= 11 is 3.64.